The van der Waals surface area contributed by atoms with Crippen molar-refractivity contribution in [3.05, 3.63) is 29.8 Å². The molecule has 1 saturated carbocycles. The summed E-state index contributed by atoms with van der Waals surface area (Å²) in [5, 5.41) is 6.24. The lowest BCUT2D eigenvalue weighted by Crippen LogP contribution is -2.51. The van der Waals surface area contributed by atoms with Gasteiger partial charge < -0.3 is 20.3 Å². The smallest absolute Gasteiger partial charge is 0.317 e. The van der Waals surface area contributed by atoms with Gasteiger partial charge in [-0.1, -0.05) is 25.3 Å². The fourth-order valence-electron chi connectivity index (χ4n) is 3.77. The Labute approximate surface area is 155 Å². The van der Waals surface area contributed by atoms with Crippen molar-refractivity contribution in [1.29, 1.82) is 0 Å². The maximum Gasteiger partial charge on any atom is 0.317 e. The number of amides is 3. The molecule has 1 aliphatic carbocycles. The number of carbonyl (C=O) groups excluding carboxylic acids is 2. The predicted molar refractivity (Wildman–Crippen MR) is 100 cm³/mol. The van der Waals surface area contributed by atoms with Crippen molar-refractivity contribution in [1.82, 2.24) is 15.5 Å². The molecular weight excluding hydrogens is 330 g/mol. The monoisotopic (exact) mass is 359 g/mol. The molecule has 0 aromatic heterocycles. The van der Waals surface area contributed by atoms with Crippen LogP contribution in [0.1, 0.15) is 55.3 Å². The van der Waals surface area contributed by atoms with E-state index in [1.54, 1.807) is 19.2 Å². The van der Waals surface area contributed by atoms with Crippen LogP contribution < -0.4 is 15.4 Å². The summed E-state index contributed by atoms with van der Waals surface area (Å²) in [6.45, 7) is 1.36. The van der Waals surface area contributed by atoms with Crippen molar-refractivity contribution in [2.75, 3.05) is 20.2 Å². The molecule has 142 valence electrons. The maximum atomic E-state index is 12.4. The molecule has 1 aromatic rings. The molecule has 2 N–H and O–H groups in total. The summed E-state index contributed by atoms with van der Waals surface area (Å²) in [7, 11) is 1.59. The van der Waals surface area contributed by atoms with Gasteiger partial charge >= 0.3 is 6.03 Å². The third-order valence-electron chi connectivity index (χ3n) is 5.38. The minimum Gasteiger partial charge on any atom is -0.497 e. The number of hydrogen-bond acceptors (Lipinski definition) is 3. The van der Waals surface area contributed by atoms with Crippen molar-refractivity contribution in [3.63, 3.8) is 0 Å². The van der Waals surface area contributed by atoms with E-state index in [0.29, 0.717) is 30.4 Å². The topological polar surface area (TPSA) is 70.7 Å². The van der Waals surface area contributed by atoms with Crippen molar-refractivity contribution in [2.24, 2.45) is 0 Å². The molecule has 0 unspecified atom stereocenters. The standard InChI is InChI=1S/C20H29N3O3/c1-26-18-9-5-6-15(14-18)19(24)21-17-10-12-23(13-11-17)20(25)22-16-7-3-2-4-8-16/h5-6,9,14,16-17H,2-4,7-8,10-13H2,1H3,(H,21,24)(H,22,25). The van der Waals surface area contributed by atoms with Gasteiger partial charge in [0.1, 0.15) is 5.75 Å². The Morgan fingerprint density at radius 3 is 2.38 bits per heavy atom. The van der Waals surface area contributed by atoms with E-state index in [0.717, 1.165) is 25.7 Å². The highest BCUT2D eigenvalue weighted by molar-refractivity contribution is 5.94. The van der Waals surface area contributed by atoms with E-state index in [2.05, 4.69) is 10.6 Å². The number of carbonyl (C=O) groups is 2. The van der Waals surface area contributed by atoms with Crippen LogP contribution in [-0.4, -0.2) is 49.1 Å². The second-order valence-corrected chi connectivity index (χ2v) is 7.25. The Hall–Kier alpha value is -2.24. The zero-order chi connectivity index (χ0) is 18.4. The molecule has 3 amide bonds. The molecular formula is C20H29N3O3. The number of nitrogens with one attached hydrogen (secondary N) is 2. The van der Waals surface area contributed by atoms with Gasteiger partial charge in [0, 0.05) is 30.7 Å². The molecule has 3 rings (SSSR count). The van der Waals surface area contributed by atoms with E-state index < -0.39 is 0 Å². The molecule has 26 heavy (non-hydrogen) atoms. The van der Waals surface area contributed by atoms with Crippen LogP contribution in [0.25, 0.3) is 0 Å². The first kappa shape index (κ1) is 18.5. The maximum absolute atomic E-state index is 12.4. The Morgan fingerprint density at radius 2 is 1.69 bits per heavy atom. The van der Waals surface area contributed by atoms with Gasteiger partial charge in [-0.2, -0.15) is 0 Å². The van der Waals surface area contributed by atoms with E-state index in [4.69, 9.17) is 4.74 Å². The summed E-state index contributed by atoms with van der Waals surface area (Å²) in [6.07, 6.45) is 7.47. The van der Waals surface area contributed by atoms with E-state index in [-0.39, 0.29) is 18.0 Å². The van der Waals surface area contributed by atoms with Crippen LogP contribution >= 0.6 is 0 Å². The minimum absolute atomic E-state index is 0.0504. The highest BCUT2D eigenvalue weighted by Crippen LogP contribution is 2.19. The fraction of sp³-hybridized carbons (Fsp3) is 0.600. The average Bonchev–Trinajstić information content (AvgIpc) is 2.69. The van der Waals surface area contributed by atoms with Crippen molar-refractivity contribution >= 4 is 11.9 Å². The third kappa shape index (κ3) is 4.90. The molecule has 0 atom stereocenters. The molecule has 6 heteroatoms. The molecule has 2 fully saturated rings. The quantitative estimate of drug-likeness (QED) is 0.868. The van der Waals surface area contributed by atoms with Crippen molar-refractivity contribution in [3.8, 4) is 5.75 Å². The molecule has 6 nitrogen and oxygen atoms in total. The number of rotatable bonds is 4. The molecule has 1 heterocycles. The van der Waals surface area contributed by atoms with Crippen molar-refractivity contribution in [2.45, 2.75) is 57.0 Å². The van der Waals surface area contributed by atoms with E-state index >= 15 is 0 Å². The summed E-state index contributed by atoms with van der Waals surface area (Å²) < 4.78 is 5.17. The Balaban J connectivity index is 1.44. The van der Waals surface area contributed by atoms with Crippen LogP contribution in [0.3, 0.4) is 0 Å². The lowest BCUT2D eigenvalue weighted by molar-refractivity contribution is 0.0917. The van der Waals surface area contributed by atoms with E-state index in [9.17, 15) is 9.59 Å². The molecule has 0 radical (unpaired) electrons. The zero-order valence-electron chi connectivity index (χ0n) is 15.5. The van der Waals surface area contributed by atoms with Gasteiger partial charge in [0.25, 0.3) is 5.91 Å². The first-order valence-electron chi connectivity index (χ1n) is 9.66. The largest absolute Gasteiger partial charge is 0.497 e. The zero-order valence-corrected chi connectivity index (χ0v) is 15.5. The molecule has 0 bridgehead atoms. The van der Waals surface area contributed by atoms with Gasteiger partial charge in [-0.15, -0.1) is 0 Å². The van der Waals surface area contributed by atoms with E-state index in [1.165, 1.54) is 19.3 Å². The van der Waals surface area contributed by atoms with Crippen LogP contribution in [-0.2, 0) is 0 Å². The second-order valence-electron chi connectivity index (χ2n) is 7.25. The number of likely N-dealkylation sites (tertiary alicyclic amines) is 1. The summed E-state index contributed by atoms with van der Waals surface area (Å²) in [5.74, 6) is 0.584. The second kappa shape index (κ2) is 8.92. The Morgan fingerprint density at radius 1 is 1.00 bits per heavy atom. The Bertz CT molecular complexity index is 620. The number of hydrogen-bond donors (Lipinski definition) is 2. The minimum atomic E-state index is -0.0889. The van der Waals surface area contributed by atoms with Gasteiger partial charge in [0.15, 0.2) is 0 Å². The highest BCUT2D eigenvalue weighted by atomic mass is 16.5. The summed E-state index contributed by atoms with van der Waals surface area (Å²) in [4.78, 5) is 26.7. The van der Waals surface area contributed by atoms with Crippen LogP contribution in [0.2, 0.25) is 0 Å². The van der Waals surface area contributed by atoms with Crippen molar-refractivity contribution < 1.29 is 14.3 Å². The van der Waals surface area contributed by atoms with Crippen LogP contribution in [0.15, 0.2) is 24.3 Å². The lowest BCUT2D eigenvalue weighted by Gasteiger charge is -2.34. The molecule has 1 aliphatic heterocycles. The first-order valence-corrected chi connectivity index (χ1v) is 9.66. The molecule has 1 aromatic carbocycles. The van der Waals surface area contributed by atoms with Crippen LogP contribution in [0, 0.1) is 0 Å². The van der Waals surface area contributed by atoms with Gasteiger partial charge in [-0.3, -0.25) is 4.79 Å². The Kier molecular flexibility index (Phi) is 6.36. The molecule has 2 aliphatic rings. The third-order valence-corrected chi connectivity index (χ3v) is 5.38. The van der Waals surface area contributed by atoms with E-state index in [1.807, 2.05) is 17.0 Å². The number of ether oxygens (including phenoxy) is 1. The fourth-order valence-corrected chi connectivity index (χ4v) is 3.77. The number of piperidine rings is 1. The number of urea groups is 1. The SMILES string of the molecule is COc1cccc(C(=O)NC2CCN(C(=O)NC3CCCCC3)CC2)c1. The van der Waals surface area contributed by atoms with Gasteiger partial charge in [0.05, 0.1) is 7.11 Å². The lowest BCUT2D eigenvalue weighted by atomic mass is 9.95. The highest BCUT2D eigenvalue weighted by Gasteiger charge is 2.26. The summed E-state index contributed by atoms with van der Waals surface area (Å²) >= 11 is 0. The predicted octanol–water partition coefficient (Wildman–Crippen LogP) is 2.93. The number of nitrogens with zero attached hydrogens (tertiary/aromatic N) is 1. The first-order chi connectivity index (χ1) is 12.7. The van der Waals surface area contributed by atoms with Crippen LogP contribution in [0.4, 0.5) is 4.79 Å². The average molecular weight is 359 g/mol. The summed E-state index contributed by atoms with van der Waals surface area (Å²) in [5.41, 5.74) is 0.599. The summed E-state index contributed by atoms with van der Waals surface area (Å²) in [6, 6.07) is 7.64. The number of benzene rings is 1. The van der Waals surface area contributed by atoms with Gasteiger partial charge in [0.2, 0.25) is 0 Å². The number of methoxy groups -OCH3 is 1. The molecule has 1 saturated heterocycles. The van der Waals surface area contributed by atoms with Gasteiger partial charge in [-0.25, -0.2) is 4.79 Å². The van der Waals surface area contributed by atoms with Gasteiger partial charge in [-0.05, 0) is 43.9 Å². The molecule has 0 spiro atoms. The normalized spacial score (nSPS) is 19.0. The van der Waals surface area contributed by atoms with Crippen LogP contribution in [0.5, 0.6) is 5.75 Å².